The Morgan fingerprint density at radius 2 is 1.72 bits per heavy atom. The largest absolute Gasteiger partial charge is 0.449 e. The molecule has 0 radical (unpaired) electrons. The van der Waals surface area contributed by atoms with Gasteiger partial charge in [-0.3, -0.25) is 0 Å². The summed E-state index contributed by atoms with van der Waals surface area (Å²) in [5.74, 6) is 0.574. The van der Waals surface area contributed by atoms with Gasteiger partial charge in [0.15, 0.2) is 0 Å². The highest BCUT2D eigenvalue weighted by Gasteiger charge is 2.28. The zero-order valence-electron chi connectivity index (χ0n) is 16.0. The molecular formula is C24H23N3O2. The number of hydrogen-bond donors (Lipinski definition) is 2. The van der Waals surface area contributed by atoms with E-state index in [-0.39, 0.29) is 5.92 Å². The maximum Gasteiger partial charge on any atom is 0.407 e. The number of carbonyl (C=O) groups excluding carboxylic acids is 1. The molecule has 1 aromatic heterocycles. The van der Waals surface area contributed by atoms with Crippen LogP contribution in [0, 0.1) is 0 Å². The maximum atomic E-state index is 12.1. The van der Waals surface area contributed by atoms with E-state index >= 15 is 0 Å². The lowest BCUT2D eigenvalue weighted by atomic mass is 9.98. The maximum absolute atomic E-state index is 12.1. The Morgan fingerprint density at radius 1 is 1.03 bits per heavy atom. The number of carbonyl (C=O) groups is 1. The molecule has 0 saturated carbocycles. The number of hydrogen-bond acceptors (Lipinski definition) is 4. The Bertz CT molecular complexity index is 983. The van der Waals surface area contributed by atoms with Crippen LogP contribution in [0.5, 0.6) is 0 Å². The number of nitrogens with zero attached hydrogens (tertiary/aromatic N) is 1. The molecule has 0 fully saturated rings. The number of amides is 1. The fourth-order valence-corrected chi connectivity index (χ4v) is 3.64. The number of rotatable bonds is 6. The van der Waals surface area contributed by atoms with E-state index in [4.69, 9.17) is 10.5 Å². The number of pyridine rings is 1. The summed E-state index contributed by atoms with van der Waals surface area (Å²) >= 11 is 0. The van der Waals surface area contributed by atoms with E-state index in [0.29, 0.717) is 25.4 Å². The van der Waals surface area contributed by atoms with Crippen molar-refractivity contribution in [3.63, 3.8) is 0 Å². The van der Waals surface area contributed by atoms with E-state index in [2.05, 4.69) is 34.6 Å². The fourth-order valence-electron chi connectivity index (χ4n) is 3.64. The molecular weight excluding hydrogens is 362 g/mol. The number of aromatic nitrogens is 1. The predicted octanol–water partition coefficient (Wildman–Crippen LogP) is 4.61. The van der Waals surface area contributed by atoms with Gasteiger partial charge in [0.25, 0.3) is 0 Å². The summed E-state index contributed by atoms with van der Waals surface area (Å²) in [6, 6.07) is 20.3. The summed E-state index contributed by atoms with van der Waals surface area (Å²) in [6.45, 7) is 0.836. The molecule has 1 amide bonds. The van der Waals surface area contributed by atoms with Crippen LogP contribution >= 0.6 is 0 Å². The smallest absolute Gasteiger partial charge is 0.407 e. The molecule has 3 N–H and O–H groups in total. The lowest BCUT2D eigenvalue weighted by Gasteiger charge is -2.14. The molecule has 0 atom stereocenters. The molecule has 3 aromatic rings. The minimum Gasteiger partial charge on any atom is -0.449 e. The van der Waals surface area contributed by atoms with Gasteiger partial charge < -0.3 is 15.8 Å². The molecule has 146 valence electrons. The molecule has 0 saturated heterocycles. The van der Waals surface area contributed by atoms with Crippen molar-refractivity contribution in [2.45, 2.75) is 12.3 Å². The summed E-state index contributed by atoms with van der Waals surface area (Å²) in [4.78, 5) is 16.2. The highest BCUT2D eigenvalue weighted by atomic mass is 16.5. The molecule has 2 aromatic carbocycles. The zero-order valence-corrected chi connectivity index (χ0v) is 16.0. The SMILES string of the molecule is Nc1ccc(C=CCCNC(=O)OCC2c3ccccc3-c3ccccc32)cn1. The third kappa shape index (κ3) is 4.29. The zero-order chi connectivity index (χ0) is 20.1. The molecule has 0 spiro atoms. The van der Waals surface area contributed by atoms with Crippen LogP contribution in [0.25, 0.3) is 17.2 Å². The van der Waals surface area contributed by atoms with E-state index < -0.39 is 6.09 Å². The highest BCUT2D eigenvalue weighted by Crippen LogP contribution is 2.44. The van der Waals surface area contributed by atoms with Crippen molar-refractivity contribution >= 4 is 18.0 Å². The van der Waals surface area contributed by atoms with Gasteiger partial charge in [-0.15, -0.1) is 0 Å². The predicted molar refractivity (Wildman–Crippen MR) is 115 cm³/mol. The van der Waals surface area contributed by atoms with Gasteiger partial charge in [-0.1, -0.05) is 60.7 Å². The standard InChI is InChI=1S/C24H23N3O2/c25-23-13-12-17(15-27-23)7-5-6-14-26-24(28)29-16-22-20-10-3-1-8-18(20)19-9-2-4-11-21(19)22/h1-5,7-13,15,22H,6,14,16H2,(H2,25,27)(H,26,28). The normalized spacial score (nSPS) is 12.6. The molecule has 0 bridgehead atoms. The number of alkyl carbamates (subject to hydrolysis) is 1. The van der Waals surface area contributed by atoms with Crippen LogP contribution in [0.4, 0.5) is 10.6 Å². The number of nitrogens with one attached hydrogen (secondary N) is 1. The second kappa shape index (κ2) is 8.61. The van der Waals surface area contributed by atoms with E-state index in [1.807, 2.05) is 42.5 Å². The van der Waals surface area contributed by atoms with Gasteiger partial charge in [-0.05, 0) is 46.4 Å². The van der Waals surface area contributed by atoms with Crippen LogP contribution in [0.2, 0.25) is 0 Å². The minimum absolute atomic E-state index is 0.0751. The van der Waals surface area contributed by atoms with Crippen molar-refractivity contribution in [1.82, 2.24) is 10.3 Å². The summed E-state index contributed by atoms with van der Waals surface area (Å²) in [7, 11) is 0. The summed E-state index contributed by atoms with van der Waals surface area (Å²) in [5, 5.41) is 2.80. The van der Waals surface area contributed by atoms with Crippen LogP contribution in [-0.4, -0.2) is 24.2 Å². The van der Waals surface area contributed by atoms with Crippen molar-refractivity contribution in [1.29, 1.82) is 0 Å². The average molecular weight is 385 g/mol. The summed E-state index contributed by atoms with van der Waals surface area (Å²) in [5.41, 5.74) is 11.4. The van der Waals surface area contributed by atoms with Crippen molar-refractivity contribution in [2.24, 2.45) is 0 Å². The van der Waals surface area contributed by atoms with Gasteiger partial charge in [-0.25, -0.2) is 9.78 Å². The van der Waals surface area contributed by atoms with Gasteiger partial charge in [0.2, 0.25) is 0 Å². The van der Waals surface area contributed by atoms with Crippen molar-refractivity contribution in [3.05, 3.63) is 89.6 Å². The summed E-state index contributed by atoms with van der Waals surface area (Å²) < 4.78 is 5.52. The van der Waals surface area contributed by atoms with Crippen molar-refractivity contribution < 1.29 is 9.53 Å². The number of nitrogens with two attached hydrogens (primary N) is 1. The van der Waals surface area contributed by atoms with E-state index in [0.717, 1.165) is 5.56 Å². The van der Waals surface area contributed by atoms with Crippen molar-refractivity contribution in [3.8, 4) is 11.1 Å². The number of fused-ring (bicyclic) bond motifs is 3. The topological polar surface area (TPSA) is 77.2 Å². The number of anilines is 1. The first-order valence-electron chi connectivity index (χ1n) is 9.69. The van der Waals surface area contributed by atoms with Gasteiger partial charge in [-0.2, -0.15) is 0 Å². The number of ether oxygens (including phenoxy) is 1. The molecule has 0 aliphatic heterocycles. The molecule has 0 unspecified atom stereocenters. The monoisotopic (exact) mass is 385 g/mol. The Hall–Kier alpha value is -3.60. The highest BCUT2D eigenvalue weighted by molar-refractivity contribution is 5.79. The lowest BCUT2D eigenvalue weighted by Crippen LogP contribution is -2.26. The Balaban J connectivity index is 1.27. The molecule has 1 aliphatic carbocycles. The van der Waals surface area contributed by atoms with Gasteiger partial charge in [0, 0.05) is 18.7 Å². The first-order chi connectivity index (χ1) is 14.2. The second-order valence-corrected chi connectivity index (χ2v) is 6.96. The van der Waals surface area contributed by atoms with Crippen molar-refractivity contribution in [2.75, 3.05) is 18.9 Å². The van der Waals surface area contributed by atoms with Crippen LogP contribution in [0.3, 0.4) is 0 Å². The third-order valence-corrected chi connectivity index (χ3v) is 5.04. The molecule has 1 heterocycles. The number of benzene rings is 2. The van der Waals surface area contributed by atoms with Gasteiger partial charge in [0.05, 0.1) is 0 Å². The van der Waals surface area contributed by atoms with Crippen LogP contribution in [0.1, 0.15) is 29.0 Å². The average Bonchev–Trinajstić information content (AvgIpc) is 3.07. The number of nitrogen functional groups attached to an aromatic ring is 1. The van der Waals surface area contributed by atoms with Gasteiger partial charge >= 0.3 is 6.09 Å². The summed E-state index contributed by atoms with van der Waals surface area (Å²) in [6.07, 6.45) is 5.96. The quantitative estimate of drug-likeness (QED) is 0.608. The van der Waals surface area contributed by atoms with E-state index in [1.165, 1.54) is 22.3 Å². The first kappa shape index (κ1) is 18.7. The van der Waals surface area contributed by atoms with Crippen LogP contribution in [-0.2, 0) is 4.74 Å². The Kier molecular flexibility index (Phi) is 5.56. The van der Waals surface area contributed by atoms with E-state index in [9.17, 15) is 4.79 Å². The van der Waals surface area contributed by atoms with Crippen LogP contribution in [0.15, 0.2) is 72.9 Å². The molecule has 1 aliphatic rings. The Labute approximate surface area is 170 Å². The van der Waals surface area contributed by atoms with E-state index in [1.54, 1.807) is 12.3 Å². The fraction of sp³-hybridized carbons (Fsp3) is 0.167. The second-order valence-electron chi connectivity index (χ2n) is 6.96. The lowest BCUT2D eigenvalue weighted by molar-refractivity contribution is 0.143. The first-order valence-corrected chi connectivity index (χ1v) is 9.69. The molecule has 29 heavy (non-hydrogen) atoms. The van der Waals surface area contributed by atoms with Crippen LogP contribution < -0.4 is 11.1 Å². The third-order valence-electron chi connectivity index (χ3n) is 5.04. The van der Waals surface area contributed by atoms with Gasteiger partial charge in [0.1, 0.15) is 12.4 Å². The molecule has 5 heteroatoms. The molecule has 5 nitrogen and oxygen atoms in total. The minimum atomic E-state index is -0.394. The Morgan fingerprint density at radius 3 is 2.38 bits per heavy atom. The molecule has 4 rings (SSSR count).